The zero-order valence-electron chi connectivity index (χ0n) is 13.5. The van der Waals surface area contributed by atoms with E-state index < -0.39 is 0 Å². The highest BCUT2D eigenvalue weighted by Crippen LogP contribution is 2.19. The zero-order valence-corrected chi connectivity index (χ0v) is 13.5. The lowest BCUT2D eigenvalue weighted by Gasteiger charge is -2.27. The van der Waals surface area contributed by atoms with Crippen molar-refractivity contribution in [2.45, 2.75) is 44.9 Å². The van der Waals surface area contributed by atoms with E-state index in [0.29, 0.717) is 6.54 Å². The molecule has 2 N–H and O–H groups in total. The molecule has 1 heterocycles. The van der Waals surface area contributed by atoms with Crippen molar-refractivity contribution in [2.75, 3.05) is 39.8 Å². The second kappa shape index (κ2) is 9.21. The number of amides is 1. The van der Waals surface area contributed by atoms with Crippen molar-refractivity contribution in [3.63, 3.8) is 0 Å². The summed E-state index contributed by atoms with van der Waals surface area (Å²) in [5.74, 6) is 0.916. The van der Waals surface area contributed by atoms with Gasteiger partial charge in [0.25, 0.3) is 0 Å². The molecule has 0 aromatic heterocycles. The minimum atomic E-state index is 0.169. The van der Waals surface area contributed by atoms with E-state index in [2.05, 4.69) is 28.7 Å². The summed E-state index contributed by atoms with van der Waals surface area (Å²) in [6.45, 7) is 4.62. The third-order valence-corrected chi connectivity index (χ3v) is 4.60. The van der Waals surface area contributed by atoms with E-state index in [1.165, 1.54) is 44.1 Å². The molecule has 2 rings (SSSR count). The number of nitrogens with zero attached hydrogens (tertiary/aromatic N) is 1. The second-order valence-electron chi connectivity index (χ2n) is 6.60. The Hall–Kier alpha value is -0.870. The van der Waals surface area contributed by atoms with Crippen molar-refractivity contribution in [1.29, 1.82) is 0 Å². The summed E-state index contributed by atoms with van der Waals surface area (Å²) in [4.78, 5) is 14.1. The molecule has 0 spiro atoms. The highest BCUT2D eigenvalue weighted by atomic mass is 16.2. The molecule has 1 fully saturated rings. The van der Waals surface area contributed by atoms with E-state index >= 15 is 0 Å². The van der Waals surface area contributed by atoms with Crippen molar-refractivity contribution in [3.05, 3.63) is 11.6 Å². The zero-order chi connectivity index (χ0) is 14.9. The summed E-state index contributed by atoms with van der Waals surface area (Å²) in [7, 11) is 2.06. The second-order valence-corrected chi connectivity index (χ2v) is 6.60. The predicted octanol–water partition coefficient (Wildman–Crippen LogP) is 1.92. The van der Waals surface area contributed by atoms with Gasteiger partial charge in [0.2, 0.25) is 5.91 Å². The summed E-state index contributed by atoms with van der Waals surface area (Å²) in [5, 5.41) is 6.45. The number of hydrogen-bond donors (Lipinski definition) is 2. The number of rotatable bonds is 7. The molecule has 0 aromatic carbocycles. The van der Waals surface area contributed by atoms with Crippen molar-refractivity contribution < 1.29 is 4.79 Å². The van der Waals surface area contributed by atoms with Crippen LogP contribution >= 0.6 is 0 Å². The van der Waals surface area contributed by atoms with E-state index in [1.54, 1.807) is 0 Å². The third kappa shape index (κ3) is 6.62. The molecular formula is C17H31N3O. The average Bonchev–Trinajstić information content (AvgIpc) is 2.49. The molecular weight excluding hydrogens is 262 g/mol. The van der Waals surface area contributed by atoms with Gasteiger partial charge in [-0.05, 0) is 71.0 Å². The van der Waals surface area contributed by atoms with Gasteiger partial charge in [0.15, 0.2) is 0 Å². The Kier molecular flexibility index (Phi) is 7.24. The number of carbonyl (C=O) groups excluding carboxylic acids is 1. The maximum Gasteiger partial charge on any atom is 0.234 e. The summed E-state index contributed by atoms with van der Waals surface area (Å²) < 4.78 is 0. The molecule has 1 saturated heterocycles. The van der Waals surface area contributed by atoms with Crippen LogP contribution in [-0.2, 0) is 4.79 Å². The number of nitrogens with one attached hydrogen (secondary N) is 2. The lowest BCUT2D eigenvalue weighted by molar-refractivity contribution is -0.122. The lowest BCUT2D eigenvalue weighted by Crippen LogP contribution is -2.40. The molecule has 0 atom stereocenters. The Labute approximate surface area is 129 Å². The maximum absolute atomic E-state index is 12.0. The predicted molar refractivity (Wildman–Crippen MR) is 87.3 cm³/mol. The minimum absolute atomic E-state index is 0.169. The number of carbonyl (C=O) groups is 1. The molecule has 2 aliphatic rings. The fraction of sp³-hybridized carbons (Fsp3) is 0.824. The van der Waals surface area contributed by atoms with Crippen molar-refractivity contribution in [1.82, 2.24) is 15.5 Å². The highest BCUT2D eigenvalue weighted by molar-refractivity contribution is 5.77. The quantitative estimate of drug-likeness (QED) is 0.705. The minimum Gasteiger partial charge on any atom is -0.355 e. The smallest absolute Gasteiger partial charge is 0.234 e. The van der Waals surface area contributed by atoms with Crippen LogP contribution in [0.4, 0.5) is 0 Å². The van der Waals surface area contributed by atoms with Gasteiger partial charge in [-0.25, -0.2) is 0 Å². The van der Waals surface area contributed by atoms with Crippen LogP contribution in [0.3, 0.4) is 0 Å². The molecule has 0 radical (unpaired) electrons. The average molecular weight is 293 g/mol. The van der Waals surface area contributed by atoms with E-state index in [9.17, 15) is 4.79 Å². The van der Waals surface area contributed by atoms with Crippen LogP contribution in [0.5, 0.6) is 0 Å². The molecule has 1 aliphatic carbocycles. The summed E-state index contributed by atoms with van der Waals surface area (Å²) in [6, 6.07) is 0. The molecule has 0 saturated carbocycles. The van der Waals surface area contributed by atoms with E-state index in [1.807, 2.05) is 0 Å². The molecule has 4 heteroatoms. The molecule has 1 amide bonds. The third-order valence-electron chi connectivity index (χ3n) is 4.60. The summed E-state index contributed by atoms with van der Waals surface area (Å²) in [5.41, 5.74) is 1.53. The first-order valence-corrected chi connectivity index (χ1v) is 8.58. The van der Waals surface area contributed by atoms with Crippen molar-refractivity contribution in [3.8, 4) is 0 Å². The summed E-state index contributed by atoms with van der Waals surface area (Å²) in [6.07, 6.45) is 11.0. The van der Waals surface area contributed by atoms with Crippen LogP contribution < -0.4 is 10.6 Å². The Balaban J connectivity index is 1.56. The number of likely N-dealkylation sites (N-methyl/N-ethyl adjacent to an activating group) is 1. The molecule has 120 valence electrons. The van der Waals surface area contributed by atoms with Gasteiger partial charge in [-0.3, -0.25) is 9.69 Å². The highest BCUT2D eigenvalue weighted by Gasteiger charge is 2.16. The Morgan fingerprint density at radius 1 is 1.38 bits per heavy atom. The SMILES string of the molecule is CN(CC(=O)NCCC1=CCCCC1)CC1CCNCC1. The molecule has 1 aliphatic heterocycles. The van der Waals surface area contributed by atoms with Crippen molar-refractivity contribution in [2.24, 2.45) is 5.92 Å². The van der Waals surface area contributed by atoms with Gasteiger partial charge in [-0.1, -0.05) is 11.6 Å². The number of piperidine rings is 1. The first kappa shape index (κ1) is 16.5. The maximum atomic E-state index is 12.0. The van der Waals surface area contributed by atoms with Gasteiger partial charge >= 0.3 is 0 Å². The Bertz CT molecular complexity index is 348. The monoisotopic (exact) mass is 293 g/mol. The van der Waals surface area contributed by atoms with E-state index in [-0.39, 0.29) is 5.91 Å². The first-order valence-electron chi connectivity index (χ1n) is 8.58. The van der Waals surface area contributed by atoms with E-state index in [0.717, 1.165) is 38.5 Å². The van der Waals surface area contributed by atoms with Crippen LogP contribution in [0.15, 0.2) is 11.6 Å². The van der Waals surface area contributed by atoms with Gasteiger partial charge < -0.3 is 10.6 Å². The molecule has 0 unspecified atom stereocenters. The van der Waals surface area contributed by atoms with Gasteiger partial charge in [0, 0.05) is 13.1 Å². The number of allylic oxidation sites excluding steroid dienone is 1. The fourth-order valence-corrected chi connectivity index (χ4v) is 3.36. The van der Waals surface area contributed by atoms with Crippen LogP contribution in [0, 0.1) is 5.92 Å². The van der Waals surface area contributed by atoms with Crippen LogP contribution in [0.25, 0.3) is 0 Å². The van der Waals surface area contributed by atoms with Crippen LogP contribution in [0.1, 0.15) is 44.9 Å². The van der Waals surface area contributed by atoms with Gasteiger partial charge in [0.1, 0.15) is 0 Å². The molecule has 0 aromatic rings. The standard InChI is InChI=1S/C17H31N3O/c1-20(13-16-7-10-18-11-8-16)14-17(21)19-12-9-15-5-3-2-4-6-15/h5,16,18H,2-4,6-14H2,1H3,(H,19,21). The van der Waals surface area contributed by atoms with Crippen molar-refractivity contribution >= 4 is 5.91 Å². The van der Waals surface area contributed by atoms with Gasteiger partial charge in [0.05, 0.1) is 6.54 Å². The molecule has 21 heavy (non-hydrogen) atoms. The van der Waals surface area contributed by atoms with Gasteiger partial charge in [-0.2, -0.15) is 0 Å². The number of hydrogen-bond acceptors (Lipinski definition) is 3. The topological polar surface area (TPSA) is 44.4 Å². The normalized spacial score (nSPS) is 20.4. The van der Waals surface area contributed by atoms with Crippen LogP contribution in [-0.4, -0.2) is 50.6 Å². The van der Waals surface area contributed by atoms with Gasteiger partial charge in [-0.15, -0.1) is 0 Å². The molecule has 0 bridgehead atoms. The Morgan fingerprint density at radius 2 is 2.19 bits per heavy atom. The van der Waals surface area contributed by atoms with E-state index in [4.69, 9.17) is 0 Å². The first-order chi connectivity index (χ1) is 10.2. The lowest BCUT2D eigenvalue weighted by atomic mass is 9.97. The molecule has 4 nitrogen and oxygen atoms in total. The summed E-state index contributed by atoms with van der Waals surface area (Å²) >= 11 is 0. The van der Waals surface area contributed by atoms with Crippen LogP contribution in [0.2, 0.25) is 0 Å². The Morgan fingerprint density at radius 3 is 2.90 bits per heavy atom. The largest absolute Gasteiger partial charge is 0.355 e. The fourth-order valence-electron chi connectivity index (χ4n) is 3.36.